The molecule has 1 aliphatic heterocycles. The van der Waals surface area contributed by atoms with Crippen molar-refractivity contribution in [3.8, 4) is 0 Å². The number of nitrogens with zero attached hydrogens (tertiary/aromatic N) is 1. The van der Waals surface area contributed by atoms with E-state index in [9.17, 15) is 28.7 Å². The maximum atomic E-state index is 11.8. The van der Waals surface area contributed by atoms with Crippen molar-refractivity contribution in [1.82, 2.24) is 0 Å². The molecule has 19 heavy (non-hydrogen) atoms. The summed E-state index contributed by atoms with van der Waals surface area (Å²) in [6, 6.07) is 0. The Balaban J connectivity index is 3.29. The van der Waals surface area contributed by atoms with Gasteiger partial charge in [-0.2, -0.15) is 12.6 Å². The molecule has 0 bridgehead atoms. The number of thiol groups is 1. The molecule has 10 heteroatoms. The maximum absolute atomic E-state index is 11.8. The zero-order valence-electron chi connectivity index (χ0n) is 11.0. The normalized spacial score (nSPS) is 27.2. The van der Waals surface area contributed by atoms with Crippen LogP contribution in [0.2, 0.25) is 0 Å². The van der Waals surface area contributed by atoms with Gasteiger partial charge in [-0.25, -0.2) is 0 Å². The highest BCUT2D eigenvalue weighted by molar-refractivity contribution is 7.80. The molecule has 0 amide bonds. The lowest BCUT2D eigenvalue weighted by molar-refractivity contribution is -0.923. The van der Waals surface area contributed by atoms with E-state index in [-0.39, 0.29) is 16.8 Å². The average Bonchev–Trinajstić information content (AvgIpc) is 2.11. The second-order valence-corrected chi connectivity index (χ2v) is 10.1. The summed E-state index contributed by atoms with van der Waals surface area (Å²) in [7, 11) is -6.99. The van der Waals surface area contributed by atoms with Gasteiger partial charge in [-0.1, -0.05) is 0 Å². The summed E-state index contributed by atoms with van der Waals surface area (Å²) in [4.78, 5) is 38.3. The standard InChI is InChI=1S/C9H21NO6P2S/c1-10(2)7-8(4-6-19)3-5-9(10,17(11,12)13)18(14,15)16/h8H,3-7H2,1-2H3,(H4-,11,12,13,14,15,16,19)/p+1. The van der Waals surface area contributed by atoms with Gasteiger partial charge in [0, 0.05) is 12.3 Å². The molecule has 1 saturated heterocycles. The molecule has 0 radical (unpaired) electrons. The fraction of sp³-hybridized carbons (Fsp3) is 1.00. The van der Waals surface area contributed by atoms with Crippen molar-refractivity contribution in [2.45, 2.75) is 24.3 Å². The van der Waals surface area contributed by atoms with Gasteiger partial charge in [-0.05, 0) is 18.6 Å². The fourth-order valence-electron chi connectivity index (χ4n) is 3.17. The summed E-state index contributed by atoms with van der Waals surface area (Å²) in [6.45, 7) is 0.316. The smallest absolute Gasteiger partial charge is 0.320 e. The predicted molar refractivity (Wildman–Crippen MR) is 75.0 cm³/mol. The SMILES string of the molecule is C[N+]1(C)CC(CCS)CCC1(P(=O)(O)O)P(=O)(O)O. The molecule has 0 spiro atoms. The Hall–Kier alpha value is 0.610. The van der Waals surface area contributed by atoms with E-state index in [1.54, 1.807) is 0 Å². The van der Waals surface area contributed by atoms with Crippen LogP contribution >= 0.6 is 27.8 Å². The Labute approximate surface area is 118 Å². The quantitative estimate of drug-likeness (QED) is 0.295. The van der Waals surface area contributed by atoms with Gasteiger partial charge in [-0.15, -0.1) is 0 Å². The zero-order chi connectivity index (χ0) is 15.1. The third kappa shape index (κ3) is 2.97. The van der Waals surface area contributed by atoms with Crippen LogP contribution in [-0.2, 0) is 9.13 Å². The first-order valence-corrected chi connectivity index (χ1v) is 9.80. The molecule has 0 aromatic carbocycles. The van der Waals surface area contributed by atoms with Crippen LogP contribution in [-0.4, -0.2) is 55.5 Å². The van der Waals surface area contributed by atoms with Crippen LogP contribution in [0.3, 0.4) is 0 Å². The Morgan fingerprint density at radius 2 is 1.68 bits per heavy atom. The van der Waals surface area contributed by atoms with E-state index >= 15 is 0 Å². The van der Waals surface area contributed by atoms with Crippen LogP contribution in [0.1, 0.15) is 19.3 Å². The Morgan fingerprint density at radius 1 is 1.21 bits per heavy atom. The largest absolute Gasteiger partial charge is 0.398 e. The molecule has 1 aliphatic rings. The van der Waals surface area contributed by atoms with E-state index in [0.29, 0.717) is 18.7 Å². The summed E-state index contributed by atoms with van der Waals surface area (Å²) in [5.74, 6) is 0.808. The van der Waals surface area contributed by atoms with Crippen LogP contribution in [0.4, 0.5) is 0 Å². The second kappa shape index (κ2) is 5.43. The van der Waals surface area contributed by atoms with Gasteiger partial charge >= 0.3 is 15.2 Å². The third-order valence-corrected chi connectivity index (χ3v) is 9.26. The molecule has 1 atom stereocenters. The molecule has 1 heterocycles. The van der Waals surface area contributed by atoms with Crippen LogP contribution in [0.25, 0.3) is 0 Å². The molecule has 7 nitrogen and oxygen atoms in total. The van der Waals surface area contributed by atoms with Gasteiger partial charge in [0.1, 0.15) is 0 Å². The summed E-state index contributed by atoms with van der Waals surface area (Å²) >= 11 is 4.13. The van der Waals surface area contributed by atoms with E-state index in [2.05, 4.69) is 12.6 Å². The van der Waals surface area contributed by atoms with Crippen molar-refractivity contribution in [3.63, 3.8) is 0 Å². The minimum Gasteiger partial charge on any atom is -0.320 e. The first-order valence-electron chi connectivity index (χ1n) is 5.94. The van der Waals surface area contributed by atoms with E-state index in [4.69, 9.17) is 0 Å². The van der Waals surface area contributed by atoms with E-state index in [1.807, 2.05) is 0 Å². The van der Waals surface area contributed by atoms with Crippen molar-refractivity contribution in [1.29, 1.82) is 0 Å². The molecular weight excluding hydrogens is 312 g/mol. The highest BCUT2D eigenvalue weighted by atomic mass is 32.1. The second-order valence-electron chi connectivity index (χ2n) is 5.65. The minimum atomic E-state index is -4.97. The van der Waals surface area contributed by atoms with Crippen LogP contribution in [0.5, 0.6) is 0 Å². The zero-order valence-corrected chi connectivity index (χ0v) is 13.7. The summed E-state index contributed by atoms with van der Waals surface area (Å²) < 4.78 is 23.2. The van der Waals surface area contributed by atoms with Crippen LogP contribution in [0.15, 0.2) is 0 Å². The molecule has 1 fully saturated rings. The molecule has 1 rings (SSSR count). The number of rotatable bonds is 4. The topological polar surface area (TPSA) is 115 Å². The van der Waals surface area contributed by atoms with Gasteiger partial charge in [0.05, 0.1) is 20.6 Å². The molecule has 0 saturated carbocycles. The van der Waals surface area contributed by atoms with Crippen molar-refractivity contribution in [2.75, 3.05) is 26.4 Å². The molecular formula is C9H22NO6P2S+. The van der Waals surface area contributed by atoms with Crippen molar-refractivity contribution >= 4 is 27.8 Å². The van der Waals surface area contributed by atoms with Crippen molar-refractivity contribution in [3.05, 3.63) is 0 Å². The van der Waals surface area contributed by atoms with E-state index < -0.39 is 20.2 Å². The van der Waals surface area contributed by atoms with Crippen molar-refractivity contribution in [2.24, 2.45) is 5.92 Å². The highest BCUT2D eigenvalue weighted by Crippen LogP contribution is 2.75. The Bertz CT molecular complexity index is 408. The lowest BCUT2D eigenvalue weighted by Gasteiger charge is -2.52. The van der Waals surface area contributed by atoms with Gasteiger partial charge in [-0.3, -0.25) is 9.13 Å². The average molecular weight is 334 g/mol. The number of likely N-dealkylation sites (tertiary alicyclic amines) is 1. The lowest BCUT2D eigenvalue weighted by atomic mass is 9.94. The number of hydrogen-bond donors (Lipinski definition) is 5. The fourth-order valence-corrected chi connectivity index (χ4v) is 7.31. The van der Waals surface area contributed by atoms with E-state index in [0.717, 1.165) is 6.42 Å². The molecule has 4 N–H and O–H groups in total. The third-order valence-electron chi connectivity index (χ3n) is 4.04. The summed E-state index contributed by atoms with van der Waals surface area (Å²) in [6.07, 6.45) is 0.967. The van der Waals surface area contributed by atoms with Gasteiger partial charge in [0.15, 0.2) is 0 Å². The first kappa shape index (κ1) is 17.7. The molecule has 0 aliphatic carbocycles. The molecule has 1 unspecified atom stereocenters. The monoisotopic (exact) mass is 334 g/mol. The number of quaternary nitrogens is 1. The van der Waals surface area contributed by atoms with Gasteiger partial charge in [0.2, 0.25) is 0 Å². The molecule has 0 aromatic heterocycles. The van der Waals surface area contributed by atoms with Crippen LogP contribution in [0, 0.1) is 5.92 Å². The number of piperidine rings is 1. The van der Waals surface area contributed by atoms with Crippen molar-refractivity contribution < 1.29 is 33.2 Å². The minimum absolute atomic E-state index is 0.165. The molecule has 114 valence electrons. The highest BCUT2D eigenvalue weighted by Gasteiger charge is 2.72. The lowest BCUT2D eigenvalue weighted by Crippen LogP contribution is -2.63. The summed E-state index contributed by atoms with van der Waals surface area (Å²) in [5.41, 5.74) is 0. The predicted octanol–water partition coefficient (Wildman–Crippen LogP) is 0.802. The first-order chi connectivity index (χ1) is 8.39. The summed E-state index contributed by atoms with van der Waals surface area (Å²) in [5, 5.41) is -2.33. The number of hydrogen-bond acceptors (Lipinski definition) is 3. The maximum Gasteiger partial charge on any atom is 0.398 e. The van der Waals surface area contributed by atoms with Crippen LogP contribution < -0.4 is 0 Å². The molecule has 0 aromatic rings. The Morgan fingerprint density at radius 3 is 2.00 bits per heavy atom. The van der Waals surface area contributed by atoms with Gasteiger partial charge < -0.3 is 24.1 Å². The van der Waals surface area contributed by atoms with Gasteiger partial charge in [0.25, 0.3) is 5.02 Å². The Kier molecular flexibility index (Phi) is 5.04. The van der Waals surface area contributed by atoms with E-state index in [1.165, 1.54) is 14.1 Å².